The maximum atomic E-state index is 13.5. The molecule has 0 aliphatic heterocycles. The van der Waals surface area contributed by atoms with E-state index in [1.54, 1.807) is 60.7 Å². The molecule has 0 fully saturated rings. The van der Waals surface area contributed by atoms with Crippen LogP contribution in [-0.4, -0.2) is 18.6 Å². The molecular weight excluding hydrogens is 534 g/mol. The highest BCUT2D eigenvalue weighted by Crippen LogP contribution is 2.23. The molecule has 0 radical (unpaired) electrons. The van der Waals surface area contributed by atoms with Crippen molar-refractivity contribution in [3.8, 4) is 6.07 Å². The molecule has 1 amide bonds. The molecule has 4 rings (SSSR count). The molecule has 198 valence electrons. The molecule has 1 N–H and O–H groups in total. The average molecular weight is 560 g/mol. The van der Waals surface area contributed by atoms with Crippen molar-refractivity contribution in [1.82, 2.24) is 9.62 Å². The Morgan fingerprint density at radius 2 is 1.64 bits per heavy atom. The normalized spacial score (nSPS) is 11.8. The van der Waals surface area contributed by atoms with Gasteiger partial charge < -0.3 is 9.73 Å². The third-order valence-corrected chi connectivity index (χ3v) is 7.95. The lowest BCUT2D eigenvalue weighted by atomic mass is 10.2. The second kappa shape index (κ2) is 12.6. The fraction of sp³-hybridized carbons (Fsp3) is 0.133. The molecule has 3 aromatic carbocycles. The zero-order chi connectivity index (χ0) is 27.8. The van der Waals surface area contributed by atoms with Crippen LogP contribution in [0.5, 0.6) is 0 Å². The summed E-state index contributed by atoms with van der Waals surface area (Å²) in [5.41, 5.74) is 2.47. The van der Waals surface area contributed by atoms with Crippen molar-refractivity contribution in [2.45, 2.75) is 31.5 Å². The van der Waals surface area contributed by atoms with Gasteiger partial charge in [-0.05, 0) is 54.4 Å². The van der Waals surface area contributed by atoms with E-state index in [1.165, 1.54) is 10.4 Å². The molecule has 0 bridgehead atoms. The van der Waals surface area contributed by atoms with Crippen molar-refractivity contribution in [3.05, 3.63) is 130 Å². The highest BCUT2D eigenvalue weighted by Gasteiger charge is 2.26. The maximum Gasteiger partial charge on any atom is 0.262 e. The number of halogens is 1. The molecule has 0 saturated heterocycles. The van der Waals surface area contributed by atoms with Crippen molar-refractivity contribution in [3.63, 3.8) is 0 Å². The number of amides is 1. The van der Waals surface area contributed by atoms with E-state index in [9.17, 15) is 18.5 Å². The second-order valence-electron chi connectivity index (χ2n) is 8.85. The van der Waals surface area contributed by atoms with Crippen LogP contribution in [0.25, 0.3) is 6.08 Å². The molecule has 1 heterocycles. The lowest BCUT2D eigenvalue weighted by molar-refractivity contribution is -0.117. The molecule has 0 spiro atoms. The summed E-state index contributed by atoms with van der Waals surface area (Å²) in [6.07, 6.45) is 1.33. The van der Waals surface area contributed by atoms with Crippen molar-refractivity contribution in [2.24, 2.45) is 0 Å². The van der Waals surface area contributed by atoms with Crippen LogP contribution in [0, 0.1) is 18.3 Å². The number of sulfonamides is 1. The molecule has 7 nitrogen and oxygen atoms in total. The van der Waals surface area contributed by atoms with Crippen molar-refractivity contribution < 1.29 is 17.6 Å². The third kappa shape index (κ3) is 7.45. The number of benzene rings is 3. The summed E-state index contributed by atoms with van der Waals surface area (Å²) in [7, 11) is -3.85. The number of nitriles is 1. The van der Waals surface area contributed by atoms with Gasteiger partial charge in [-0.25, -0.2) is 8.42 Å². The van der Waals surface area contributed by atoms with Gasteiger partial charge in [0, 0.05) is 24.2 Å². The Balaban J connectivity index is 1.52. The molecular formula is C30H26ClN3O4S. The number of rotatable bonds is 10. The molecule has 0 saturated carbocycles. The first-order valence-electron chi connectivity index (χ1n) is 12.1. The minimum Gasteiger partial charge on any atom is -0.460 e. The number of hydrogen-bond acceptors (Lipinski definition) is 5. The van der Waals surface area contributed by atoms with Gasteiger partial charge in [0.1, 0.15) is 23.2 Å². The Hall–Kier alpha value is -4.16. The number of carbonyl (C=O) groups excluding carboxylic acids is 1. The number of aryl methyl sites for hydroxylation is 1. The summed E-state index contributed by atoms with van der Waals surface area (Å²) in [5.74, 6) is 0.0698. The molecule has 1 aromatic heterocycles. The van der Waals surface area contributed by atoms with Gasteiger partial charge in [0.15, 0.2) is 0 Å². The molecule has 0 aliphatic rings. The minimum atomic E-state index is -3.85. The topological polar surface area (TPSA) is 103 Å². The van der Waals surface area contributed by atoms with E-state index in [-0.39, 0.29) is 35.9 Å². The fourth-order valence-electron chi connectivity index (χ4n) is 3.77. The van der Waals surface area contributed by atoms with Crippen LogP contribution in [0.1, 0.15) is 28.2 Å². The van der Waals surface area contributed by atoms with Gasteiger partial charge in [0.05, 0.1) is 11.4 Å². The zero-order valence-corrected chi connectivity index (χ0v) is 22.7. The zero-order valence-electron chi connectivity index (χ0n) is 21.2. The highest BCUT2D eigenvalue weighted by atomic mass is 35.5. The maximum absolute atomic E-state index is 13.5. The third-order valence-electron chi connectivity index (χ3n) is 5.89. The van der Waals surface area contributed by atoms with Crippen LogP contribution in [-0.2, 0) is 34.5 Å². The Morgan fingerprint density at radius 3 is 2.31 bits per heavy atom. The Morgan fingerprint density at radius 1 is 0.949 bits per heavy atom. The van der Waals surface area contributed by atoms with E-state index in [4.69, 9.17) is 16.0 Å². The monoisotopic (exact) mass is 559 g/mol. The number of furan rings is 1. The van der Waals surface area contributed by atoms with Crippen LogP contribution in [0.4, 0.5) is 0 Å². The first-order valence-corrected chi connectivity index (χ1v) is 13.9. The molecule has 0 unspecified atom stereocenters. The standard InChI is InChI=1S/C30H26ClN3O4S/c1-22-7-15-29(16-8-22)39(36,37)34(20-24-5-3-2-4-6-24)21-28-14-13-27(38-28)17-25(18-32)30(35)33-19-23-9-11-26(31)12-10-23/h2-17H,19-21H2,1H3,(H,33,35)/b25-17-. The summed E-state index contributed by atoms with van der Waals surface area (Å²) < 4.78 is 34.3. The van der Waals surface area contributed by atoms with Crippen molar-refractivity contribution in [2.75, 3.05) is 0 Å². The van der Waals surface area contributed by atoms with Gasteiger partial charge in [-0.3, -0.25) is 4.79 Å². The van der Waals surface area contributed by atoms with Gasteiger partial charge in [0.25, 0.3) is 5.91 Å². The number of nitrogens with one attached hydrogen (secondary N) is 1. The second-order valence-corrected chi connectivity index (χ2v) is 11.2. The summed E-state index contributed by atoms with van der Waals surface area (Å²) in [5, 5.41) is 12.8. The van der Waals surface area contributed by atoms with Crippen LogP contribution in [0.2, 0.25) is 5.02 Å². The van der Waals surface area contributed by atoms with Gasteiger partial charge in [-0.15, -0.1) is 0 Å². The number of nitrogens with zero attached hydrogens (tertiary/aromatic N) is 2. The lowest BCUT2D eigenvalue weighted by Crippen LogP contribution is -2.30. The summed E-state index contributed by atoms with van der Waals surface area (Å²) >= 11 is 5.89. The highest BCUT2D eigenvalue weighted by molar-refractivity contribution is 7.89. The Kier molecular flexibility index (Phi) is 8.99. The molecule has 39 heavy (non-hydrogen) atoms. The first-order chi connectivity index (χ1) is 18.7. The van der Waals surface area contributed by atoms with Crippen LogP contribution >= 0.6 is 11.6 Å². The Bertz CT molecular complexity index is 1610. The van der Waals surface area contributed by atoms with E-state index in [2.05, 4.69) is 5.32 Å². The largest absolute Gasteiger partial charge is 0.460 e. The van der Waals surface area contributed by atoms with Gasteiger partial charge >= 0.3 is 0 Å². The van der Waals surface area contributed by atoms with E-state index in [0.29, 0.717) is 10.8 Å². The summed E-state index contributed by atoms with van der Waals surface area (Å²) in [6.45, 7) is 2.22. The predicted molar refractivity (Wildman–Crippen MR) is 150 cm³/mol. The molecule has 0 aliphatic carbocycles. The van der Waals surface area contributed by atoms with Gasteiger partial charge in [-0.1, -0.05) is 71.8 Å². The average Bonchev–Trinajstić information content (AvgIpc) is 3.38. The predicted octanol–water partition coefficient (Wildman–Crippen LogP) is 5.86. The van der Waals surface area contributed by atoms with Crippen LogP contribution in [0.15, 0.2) is 106 Å². The smallest absolute Gasteiger partial charge is 0.262 e. The van der Waals surface area contributed by atoms with E-state index < -0.39 is 15.9 Å². The number of hydrogen-bond donors (Lipinski definition) is 1. The van der Waals surface area contributed by atoms with Gasteiger partial charge in [0.2, 0.25) is 10.0 Å². The SMILES string of the molecule is Cc1ccc(S(=O)(=O)N(Cc2ccccc2)Cc2ccc(/C=C(/C#N)C(=O)NCc3ccc(Cl)cc3)o2)cc1. The van der Waals surface area contributed by atoms with Crippen LogP contribution < -0.4 is 5.32 Å². The summed E-state index contributed by atoms with van der Waals surface area (Å²) in [6, 6.07) is 28.1. The molecule has 9 heteroatoms. The van der Waals surface area contributed by atoms with E-state index in [0.717, 1.165) is 16.7 Å². The van der Waals surface area contributed by atoms with Crippen molar-refractivity contribution >= 4 is 33.6 Å². The Labute approximate surface area is 233 Å². The van der Waals surface area contributed by atoms with Gasteiger partial charge in [-0.2, -0.15) is 9.57 Å². The van der Waals surface area contributed by atoms with E-state index >= 15 is 0 Å². The summed E-state index contributed by atoms with van der Waals surface area (Å²) in [4.78, 5) is 12.7. The van der Waals surface area contributed by atoms with E-state index in [1.807, 2.05) is 43.3 Å². The molecule has 4 aromatic rings. The molecule has 0 atom stereocenters. The van der Waals surface area contributed by atoms with Crippen LogP contribution in [0.3, 0.4) is 0 Å². The first kappa shape index (κ1) is 27.9. The van der Waals surface area contributed by atoms with Crippen molar-refractivity contribution in [1.29, 1.82) is 5.26 Å². The minimum absolute atomic E-state index is 0.0381. The fourth-order valence-corrected chi connectivity index (χ4v) is 5.29. The quantitative estimate of drug-likeness (QED) is 0.194. The number of carbonyl (C=O) groups is 1. The lowest BCUT2D eigenvalue weighted by Gasteiger charge is -2.21.